The summed E-state index contributed by atoms with van der Waals surface area (Å²) in [7, 11) is 3.98. The van der Waals surface area contributed by atoms with Crippen LogP contribution in [0.15, 0.2) is 36.4 Å². The lowest BCUT2D eigenvalue weighted by Crippen LogP contribution is -2.49. The lowest BCUT2D eigenvalue weighted by Gasteiger charge is -2.33. The molecule has 0 spiro atoms. The van der Waals surface area contributed by atoms with E-state index in [0.717, 1.165) is 44.1 Å². The van der Waals surface area contributed by atoms with Crippen molar-refractivity contribution in [1.29, 1.82) is 0 Å². The van der Waals surface area contributed by atoms with Crippen molar-refractivity contribution in [2.45, 2.75) is 0 Å². The van der Waals surface area contributed by atoms with Crippen LogP contribution in [0.2, 0.25) is 0 Å². The molecule has 0 bridgehead atoms. The molecule has 1 aromatic carbocycles. The minimum Gasteiger partial charge on any atom is -0.478 e. The molecule has 166 valence electrons. The summed E-state index contributed by atoms with van der Waals surface area (Å²) in [5.74, 6) is -2.49. The molecule has 0 aliphatic carbocycles. The number of β-amino-alcohol motifs (C(OH)–C–C–N with tert-alkyl or cyclic N) is 1. The van der Waals surface area contributed by atoms with Gasteiger partial charge in [0.15, 0.2) is 0 Å². The fraction of sp³-hybridized carbons (Fsp3) is 0.450. The molecule has 1 aliphatic rings. The summed E-state index contributed by atoms with van der Waals surface area (Å²) >= 11 is 0. The van der Waals surface area contributed by atoms with E-state index in [1.165, 1.54) is 0 Å². The number of rotatable bonds is 8. The number of aliphatic hydroxyl groups excluding tert-OH is 1. The Bertz CT molecular complexity index is 697. The molecule has 1 fully saturated rings. The van der Waals surface area contributed by atoms with E-state index in [0.29, 0.717) is 18.7 Å². The van der Waals surface area contributed by atoms with E-state index >= 15 is 0 Å². The zero-order valence-corrected chi connectivity index (χ0v) is 17.3. The average molecular weight is 422 g/mol. The topological polar surface area (TPSA) is 134 Å². The minimum atomic E-state index is -1.26. The van der Waals surface area contributed by atoms with E-state index in [1.807, 2.05) is 43.3 Å². The monoisotopic (exact) mass is 422 g/mol. The number of carboxylic acid groups (broad SMARTS) is 2. The van der Waals surface area contributed by atoms with Crippen LogP contribution >= 0.6 is 0 Å². The van der Waals surface area contributed by atoms with Gasteiger partial charge in [-0.25, -0.2) is 9.59 Å². The zero-order chi connectivity index (χ0) is 22.5. The Hall–Kier alpha value is -2.95. The maximum absolute atomic E-state index is 12.1. The van der Waals surface area contributed by atoms with Gasteiger partial charge in [-0.1, -0.05) is 0 Å². The fourth-order valence-corrected chi connectivity index (χ4v) is 2.70. The highest BCUT2D eigenvalue weighted by atomic mass is 16.4. The number of piperazine rings is 1. The largest absolute Gasteiger partial charge is 0.478 e. The Morgan fingerprint density at radius 3 is 1.90 bits per heavy atom. The van der Waals surface area contributed by atoms with Crippen molar-refractivity contribution >= 4 is 29.2 Å². The number of nitrogens with zero attached hydrogens (tertiary/aromatic N) is 3. The highest BCUT2D eigenvalue weighted by Gasteiger charge is 2.18. The standard InChI is InChI=1S/C16H26N4O2.C4H4O4/c1-18(2)15-5-3-14(4-6-15)17-16(22)13-20-9-7-19(8-10-20)11-12-21;5-3(6)1-2-4(7)8/h3-6,21H,7-13H2,1-2H3,(H,17,22);1-2H,(H,5,6)(H,7,8)/b;2-1-. The van der Waals surface area contributed by atoms with E-state index in [2.05, 4.69) is 15.1 Å². The molecule has 4 N–H and O–H groups in total. The van der Waals surface area contributed by atoms with Crippen LogP contribution in [0.3, 0.4) is 0 Å². The minimum absolute atomic E-state index is 0.0215. The molecule has 0 radical (unpaired) electrons. The molecule has 1 amide bonds. The van der Waals surface area contributed by atoms with Crippen molar-refractivity contribution in [1.82, 2.24) is 9.80 Å². The Balaban J connectivity index is 0.000000479. The van der Waals surface area contributed by atoms with Gasteiger partial charge in [0.05, 0.1) is 13.2 Å². The first-order chi connectivity index (χ1) is 14.2. The Labute approximate surface area is 176 Å². The number of carboxylic acids is 2. The van der Waals surface area contributed by atoms with Crippen LogP contribution < -0.4 is 10.2 Å². The maximum Gasteiger partial charge on any atom is 0.328 e. The van der Waals surface area contributed by atoms with Gasteiger partial charge >= 0.3 is 11.9 Å². The van der Waals surface area contributed by atoms with Gasteiger partial charge < -0.3 is 25.5 Å². The molecule has 1 saturated heterocycles. The number of hydrogen-bond acceptors (Lipinski definition) is 7. The van der Waals surface area contributed by atoms with Gasteiger partial charge in [-0.05, 0) is 24.3 Å². The number of carbonyl (C=O) groups excluding carboxylic acids is 1. The number of benzene rings is 1. The molecular formula is C20H30N4O6. The van der Waals surface area contributed by atoms with Crippen LogP contribution in [0, 0.1) is 0 Å². The summed E-state index contributed by atoms with van der Waals surface area (Å²) in [4.78, 5) is 37.6. The first-order valence-corrected chi connectivity index (χ1v) is 9.48. The highest BCUT2D eigenvalue weighted by molar-refractivity contribution is 5.92. The van der Waals surface area contributed by atoms with Gasteiger partial charge in [0.25, 0.3) is 0 Å². The summed E-state index contributed by atoms with van der Waals surface area (Å²) in [6.45, 7) is 4.89. The molecule has 0 unspecified atom stereocenters. The van der Waals surface area contributed by atoms with Crippen LogP contribution in [0.1, 0.15) is 0 Å². The zero-order valence-electron chi connectivity index (χ0n) is 17.3. The second kappa shape index (κ2) is 13.3. The highest BCUT2D eigenvalue weighted by Crippen LogP contribution is 2.15. The number of aliphatic carboxylic acids is 2. The van der Waals surface area contributed by atoms with Crippen LogP contribution in [0.25, 0.3) is 0 Å². The van der Waals surface area contributed by atoms with Crippen molar-refractivity contribution in [3.8, 4) is 0 Å². The van der Waals surface area contributed by atoms with Gasteiger partial charge in [-0.15, -0.1) is 0 Å². The average Bonchev–Trinajstić information content (AvgIpc) is 2.69. The quantitative estimate of drug-likeness (QED) is 0.428. The molecule has 10 nitrogen and oxygen atoms in total. The van der Waals surface area contributed by atoms with Crippen LogP contribution in [0.5, 0.6) is 0 Å². The van der Waals surface area contributed by atoms with Crippen molar-refractivity contribution in [2.24, 2.45) is 0 Å². The molecule has 0 saturated carbocycles. The van der Waals surface area contributed by atoms with Gasteiger partial charge in [0, 0.05) is 70.3 Å². The summed E-state index contributed by atoms with van der Waals surface area (Å²) in [5, 5.41) is 27.5. The van der Waals surface area contributed by atoms with E-state index in [-0.39, 0.29) is 12.5 Å². The third kappa shape index (κ3) is 10.6. The van der Waals surface area contributed by atoms with Crippen molar-refractivity contribution in [3.05, 3.63) is 36.4 Å². The van der Waals surface area contributed by atoms with E-state index in [4.69, 9.17) is 15.3 Å². The Kier molecular flexibility index (Phi) is 11.1. The maximum atomic E-state index is 12.1. The Morgan fingerprint density at radius 2 is 1.47 bits per heavy atom. The number of carbonyl (C=O) groups is 3. The fourth-order valence-electron chi connectivity index (χ4n) is 2.70. The second-order valence-corrected chi connectivity index (χ2v) is 6.84. The summed E-state index contributed by atoms with van der Waals surface area (Å²) in [5.41, 5.74) is 1.94. The molecule has 1 aliphatic heterocycles. The predicted molar refractivity (Wildman–Crippen MR) is 114 cm³/mol. The van der Waals surface area contributed by atoms with Gasteiger partial charge in [-0.3, -0.25) is 14.6 Å². The lowest BCUT2D eigenvalue weighted by molar-refractivity contribution is -0.134. The summed E-state index contributed by atoms with van der Waals surface area (Å²) in [6, 6.07) is 7.82. The molecule has 30 heavy (non-hydrogen) atoms. The summed E-state index contributed by atoms with van der Waals surface area (Å²) < 4.78 is 0. The number of hydrogen-bond donors (Lipinski definition) is 4. The smallest absolute Gasteiger partial charge is 0.328 e. The third-order valence-electron chi connectivity index (χ3n) is 4.28. The predicted octanol–water partition coefficient (Wildman–Crippen LogP) is 0.0128. The van der Waals surface area contributed by atoms with Crippen molar-refractivity contribution in [3.63, 3.8) is 0 Å². The van der Waals surface area contributed by atoms with Gasteiger partial charge in [-0.2, -0.15) is 0 Å². The lowest BCUT2D eigenvalue weighted by atomic mass is 10.2. The molecule has 1 aromatic rings. The first kappa shape index (κ1) is 25.1. The van der Waals surface area contributed by atoms with Gasteiger partial charge in [0.1, 0.15) is 0 Å². The third-order valence-corrected chi connectivity index (χ3v) is 4.28. The molecule has 0 aromatic heterocycles. The van der Waals surface area contributed by atoms with Crippen LogP contribution in [-0.4, -0.2) is 103 Å². The van der Waals surface area contributed by atoms with Gasteiger partial charge in [0.2, 0.25) is 5.91 Å². The molecule has 10 heteroatoms. The normalized spacial score (nSPS) is 14.6. The van der Waals surface area contributed by atoms with E-state index in [1.54, 1.807) is 0 Å². The molecule has 0 atom stereocenters. The molecule has 2 rings (SSSR count). The summed E-state index contributed by atoms with van der Waals surface area (Å²) in [6.07, 6.45) is 1.12. The van der Waals surface area contributed by atoms with E-state index < -0.39 is 11.9 Å². The second-order valence-electron chi connectivity index (χ2n) is 6.84. The van der Waals surface area contributed by atoms with Crippen molar-refractivity contribution in [2.75, 3.05) is 70.2 Å². The molecular weight excluding hydrogens is 392 g/mol. The Morgan fingerprint density at radius 1 is 0.967 bits per heavy atom. The number of nitrogens with one attached hydrogen (secondary N) is 1. The SMILES string of the molecule is CN(C)c1ccc(NC(=O)CN2CCN(CCO)CC2)cc1.O=C(O)/C=C\C(=O)O. The number of amides is 1. The van der Waals surface area contributed by atoms with Crippen LogP contribution in [0.4, 0.5) is 11.4 Å². The number of aliphatic hydroxyl groups is 1. The first-order valence-electron chi connectivity index (χ1n) is 9.48. The van der Waals surface area contributed by atoms with E-state index in [9.17, 15) is 14.4 Å². The molecule has 1 heterocycles. The number of anilines is 2. The van der Waals surface area contributed by atoms with Crippen LogP contribution in [-0.2, 0) is 14.4 Å². The van der Waals surface area contributed by atoms with Crippen molar-refractivity contribution < 1.29 is 29.7 Å².